The number of aromatic nitrogens is 3. The molecule has 0 aliphatic heterocycles. The Balaban J connectivity index is 1.82. The Morgan fingerprint density at radius 3 is 2.67 bits per heavy atom. The lowest BCUT2D eigenvalue weighted by Crippen LogP contribution is -2.18. The fourth-order valence-corrected chi connectivity index (χ4v) is 2.10. The van der Waals surface area contributed by atoms with Crippen molar-refractivity contribution in [1.82, 2.24) is 15.1 Å². The van der Waals surface area contributed by atoms with Gasteiger partial charge in [0.1, 0.15) is 17.3 Å². The van der Waals surface area contributed by atoms with Crippen molar-refractivity contribution in [1.29, 1.82) is 0 Å². The number of nitrogens with zero attached hydrogens (tertiary/aromatic N) is 4. The average molecular weight is 280 g/mol. The third-order valence-electron chi connectivity index (χ3n) is 3.14. The van der Waals surface area contributed by atoms with E-state index in [0.29, 0.717) is 6.54 Å². The Kier molecular flexibility index (Phi) is 3.64. The molecular weight excluding hydrogens is 264 g/mol. The molecule has 2 heterocycles. The minimum Gasteiger partial charge on any atom is -0.361 e. The first-order valence-corrected chi connectivity index (χ1v) is 6.74. The molecule has 0 aliphatic carbocycles. The SMILES string of the molecule is Cc1cc(CN(C)c2ccnc(-c3ccccc3)n2)no1. The van der Waals surface area contributed by atoms with Crippen molar-refractivity contribution in [2.45, 2.75) is 13.5 Å². The van der Waals surface area contributed by atoms with E-state index in [9.17, 15) is 0 Å². The summed E-state index contributed by atoms with van der Waals surface area (Å²) >= 11 is 0. The monoisotopic (exact) mass is 280 g/mol. The van der Waals surface area contributed by atoms with Gasteiger partial charge >= 0.3 is 0 Å². The van der Waals surface area contributed by atoms with Crippen LogP contribution in [0, 0.1) is 6.92 Å². The largest absolute Gasteiger partial charge is 0.361 e. The van der Waals surface area contributed by atoms with Crippen LogP contribution in [0.3, 0.4) is 0 Å². The molecule has 2 aromatic heterocycles. The highest BCUT2D eigenvalue weighted by Crippen LogP contribution is 2.18. The summed E-state index contributed by atoms with van der Waals surface area (Å²) < 4.78 is 5.08. The molecule has 106 valence electrons. The van der Waals surface area contributed by atoms with Gasteiger partial charge in [0.2, 0.25) is 0 Å². The topological polar surface area (TPSA) is 55.1 Å². The van der Waals surface area contributed by atoms with Crippen molar-refractivity contribution in [2.75, 3.05) is 11.9 Å². The fourth-order valence-electron chi connectivity index (χ4n) is 2.10. The molecular formula is C16H16N4O. The van der Waals surface area contributed by atoms with E-state index in [1.165, 1.54) is 0 Å². The quantitative estimate of drug-likeness (QED) is 0.735. The van der Waals surface area contributed by atoms with Crippen LogP contribution in [0.2, 0.25) is 0 Å². The number of hydrogen-bond donors (Lipinski definition) is 0. The zero-order valence-electron chi connectivity index (χ0n) is 12.0. The number of hydrogen-bond acceptors (Lipinski definition) is 5. The number of benzene rings is 1. The van der Waals surface area contributed by atoms with Gasteiger partial charge in [-0.15, -0.1) is 0 Å². The number of aryl methyl sites for hydroxylation is 1. The first-order chi connectivity index (χ1) is 10.2. The maximum atomic E-state index is 5.08. The molecule has 0 bridgehead atoms. The van der Waals surface area contributed by atoms with Gasteiger partial charge in [-0.2, -0.15) is 0 Å². The van der Waals surface area contributed by atoms with Crippen LogP contribution in [0.25, 0.3) is 11.4 Å². The van der Waals surface area contributed by atoms with Crippen molar-refractivity contribution in [2.24, 2.45) is 0 Å². The normalized spacial score (nSPS) is 10.6. The third-order valence-corrected chi connectivity index (χ3v) is 3.14. The van der Waals surface area contributed by atoms with E-state index >= 15 is 0 Å². The third kappa shape index (κ3) is 3.08. The molecule has 0 fully saturated rings. The van der Waals surface area contributed by atoms with Crippen LogP contribution >= 0.6 is 0 Å². The average Bonchev–Trinajstić information content (AvgIpc) is 2.93. The van der Waals surface area contributed by atoms with Crippen molar-refractivity contribution >= 4 is 5.82 Å². The zero-order chi connectivity index (χ0) is 14.7. The van der Waals surface area contributed by atoms with Gasteiger partial charge in [-0.1, -0.05) is 35.5 Å². The van der Waals surface area contributed by atoms with Crippen molar-refractivity contribution in [3.8, 4) is 11.4 Å². The van der Waals surface area contributed by atoms with E-state index < -0.39 is 0 Å². The van der Waals surface area contributed by atoms with Gasteiger partial charge < -0.3 is 9.42 Å². The molecule has 0 saturated carbocycles. The second-order valence-corrected chi connectivity index (χ2v) is 4.89. The molecule has 0 N–H and O–H groups in total. The van der Waals surface area contributed by atoms with Gasteiger partial charge in [-0.25, -0.2) is 9.97 Å². The maximum absolute atomic E-state index is 5.08. The predicted molar refractivity (Wildman–Crippen MR) is 80.8 cm³/mol. The van der Waals surface area contributed by atoms with Crippen LogP contribution < -0.4 is 4.90 Å². The van der Waals surface area contributed by atoms with Crippen molar-refractivity contribution < 1.29 is 4.52 Å². The van der Waals surface area contributed by atoms with Crippen molar-refractivity contribution in [3.63, 3.8) is 0 Å². The second kappa shape index (κ2) is 5.75. The summed E-state index contributed by atoms with van der Waals surface area (Å²) in [6, 6.07) is 13.8. The molecule has 3 rings (SSSR count). The van der Waals surface area contributed by atoms with E-state index in [1.807, 2.05) is 61.3 Å². The van der Waals surface area contributed by atoms with E-state index in [4.69, 9.17) is 4.52 Å². The van der Waals surface area contributed by atoms with Gasteiger partial charge in [0.15, 0.2) is 5.82 Å². The molecule has 21 heavy (non-hydrogen) atoms. The molecule has 0 aliphatic rings. The molecule has 1 aromatic carbocycles. The van der Waals surface area contributed by atoms with E-state index in [1.54, 1.807) is 6.20 Å². The maximum Gasteiger partial charge on any atom is 0.161 e. The van der Waals surface area contributed by atoms with E-state index in [-0.39, 0.29) is 0 Å². The number of anilines is 1. The van der Waals surface area contributed by atoms with Crippen LogP contribution in [0.15, 0.2) is 53.2 Å². The molecule has 0 atom stereocenters. The minimum absolute atomic E-state index is 0.641. The molecule has 3 aromatic rings. The summed E-state index contributed by atoms with van der Waals surface area (Å²) in [6.45, 7) is 2.53. The summed E-state index contributed by atoms with van der Waals surface area (Å²) in [6.07, 6.45) is 1.77. The molecule has 0 spiro atoms. The molecule has 0 saturated heterocycles. The van der Waals surface area contributed by atoms with Crippen LogP contribution in [0.4, 0.5) is 5.82 Å². The summed E-state index contributed by atoms with van der Waals surface area (Å²) in [5.41, 5.74) is 1.89. The highest BCUT2D eigenvalue weighted by molar-refractivity contribution is 5.56. The lowest BCUT2D eigenvalue weighted by molar-refractivity contribution is 0.390. The first kappa shape index (κ1) is 13.3. The standard InChI is InChI=1S/C16H16N4O/c1-12-10-14(19-21-12)11-20(2)15-8-9-17-16(18-15)13-6-4-3-5-7-13/h3-10H,11H2,1-2H3. The summed E-state index contributed by atoms with van der Waals surface area (Å²) in [5, 5.41) is 4.00. The van der Waals surface area contributed by atoms with E-state index in [0.717, 1.165) is 28.7 Å². The van der Waals surface area contributed by atoms with Gasteiger partial charge in [-0.05, 0) is 13.0 Å². The molecule has 0 amide bonds. The van der Waals surface area contributed by atoms with Crippen LogP contribution in [-0.4, -0.2) is 22.2 Å². The molecule has 5 heteroatoms. The van der Waals surface area contributed by atoms with E-state index in [2.05, 4.69) is 15.1 Å². The molecule has 5 nitrogen and oxygen atoms in total. The van der Waals surface area contributed by atoms with Crippen LogP contribution in [0.1, 0.15) is 11.5 Å². The molecule has 0 radical (unpaired) electrons. The highest BCUT2D eigenvalue weighted by atomic mass is 16.5. The first-order valence-electron chi connectivity index (χ1n) is 6.74. The lowest BCUT2D eigenvalue weighted by atomic mass is 10.2. The minimum atomic E-state index is 0.641. The fraction of sp³-hybridized carbons (Fsp3) is 0.188. The highest BCUT2D eigenvalue weighted by Gasteiger charge is 2.09. The van der Waals surface area contributed by atoms with Gasteiger partial charge in [0, 0.05) is 24.9 Å². The Labute approximate surface area is 123 Å². The van der Waals surface area contributed by atoms with Gasteiger partial charge in [0.25, 0.3) is 0 Å². The Hall–Kier alpha value is -2.69. The smallest absolute Gasteiger partial charge is 0.161 e. The van der Waals surface area contributed by atoms with Crippen molar-refractivity contribution in [3.05, 3.63) is 60.1 Å². The summed E-state index contributed by atoms with van der Waals surface area (Å²) in [7, 11) is 1.97. The summed E-state index contributed by atoms with van der Waals surface area (Å²) in [4.78, 5) is 11.0. The predicted octanol–water partition coefficient (Wildman–Crippen LogP) is 3.08. The van der Waals surface area contributed by atoms with Gasteiger partial charge in [0.05, 0.1) is 6.54 Å². The van der Waals surface area contributed by atoms with Crippen LogP contribution in [-0.2, 0) is 6.54 Å². The molecule has 0 unspecified atom stereocenters. The van der Waals surface area contributed by atoms with Crippen LogP contribution in [0.5, 0.6) is 0 Å². The Bertz CT molecular complexity index is 724. The van der Waals surface area contributed by atoms with Gasteiger partial charge in [-0.3, -0.25) is 0 Å². The second-order valence-electron chi connectivity index (χ2n) is 4.89. The Morgan fingerprint density at radius 1 is 1.14 bits per heavy atom. The zero-order valence-corrected chi connectivity index (χ0v) is 12.0. The lowest BCUT2D eigenvalue weighted by Gasteiger charge is -2.16. The summed E-state index contributed by atoms with van der Waals surface area (Å²) in [5.74, 6) is 2.38. The Morgan fingerprint density at radius 2 is 1.95 bits per heavy atom. The number of rotatable bonds is 4.